The van der Waals surface area contributed by atoms with Crippen molar-refractivity contribution in [3.8, 4) is 0 Å². The second kappa shape index (κ2) is 7.49. The van der Waals surface area contributed by atoms with Crippen LogP contribution >= 0.6 is 11.8 Å². The smallest absolute Gasteiger partial charge is 0.233 e. The molecule has 4 rings (SSSR count). The van der Waals surface area contributed by atoms with Crippen LogP contribution in [-0.4, -0.2) is 42.5 Å². The molecule has 8 heteroatoms. The van der Waals surface area contributed by atoms with E-state index in [4.69, 9.17) is 0 Å². The fraction of sp³-hybridized carbons (Fsp3) is 0.444. The van der Waals surface area contributed by atoms with Gasteiger partial charge in [0.05, 0.1) is 11.3 Å². The topological polar surface area (TPSA) is 77.6 Å². The van der Waals surface area contributed by atoms with E-state index in [-0.39, 0.29) is 11.2 Å². The van der Waals surface area contributed by atoms with Crippen molar-refractivity contribution >= 4 is 28.6 Å². The number of nitrogens with one attached hydrogen (secondary N) is 1. The van der Waals surface area contributed by atoms with Gasteiger partial charge in [-0.05, 0) is 54.1 Å². The average molecular weight is 370 g/mol. The highest BCUT2D eigenvalue weighted by Crippen LogP contribution is 2.37. The second-order valence-electron chi connectivity index (χ2n) is 6.61. The minimum atomic E-state index is -0.217. The van der Waals surface area contributed by atoms with Crippen LogP contribution in [0.25, 0.3) is 10.9 Å². The van der Waals surface area contributed by atoms with Gasteiger partial charge in [0.1, 0.15) is 0 Å². The number of fused-ring (bicyclic) bond motifs is 1. The van der Waals surface area contributed by atoms with Crippen LogP contribution in [0.4, 0.5) is 0 Å². The number of carbonyl (C=O) groups excluding carboxylic acids is 1. The van der Waals surface area contributed by atoms with Crippen LogP contribution in [0.3, 0.4) is 0 Å². The zero-order valence-electron chi connectivity index (χ0n) is 14.7. The zero-order chi connectivity index (χ0) is 17.9. The van der Waals surface area contributed by atoms with Crippen molar-refractivity contribution in [2.24, 2.45) is 0 Å². The Bertz CT molecular complexity index is 900. The summed E-state index contributed by atoms with van der Waals surface area (Å²) in [6.07, 6.45) is 5.23. The van der Waals surface area contributed by atoms with Gasteiger partial charge in [-0.15, -0.1) is 5.10 Å². The SMILES string of the molecule is CC(Sc1nnnn1C1CC1)C(=O)NCCCn1ccc2ccccc21. The number of benzene rings is 1. The molecule has 1 fully saturated rings. The number of amides is 1. The molecule has 0 radical (unpaired) electrons. The van der Waals surface area contributed by atoms with E-state index in [9.17, 15) is 4.79 Å². The van der Waals surface area contributed by atoms with Gasteiger partial charge in [0.15, 0.2) is 0 Å². The van der Waals surface area contributed by atoms with Gasteiger partial charge < -0.3 is 9.88 Å². The van der Waals surface area contributed by atoms with Crippen molar-refractivity contribution in [3.63, 3.8) is 0 Å². The van der Waals surface area contributed by atoms with E-state index in [2.05, 4.69) is 55.9 Å². The highest BCUT2D eigenvalue weighted by molar-refractivity contribution is 8.00. The van der Waals surface area contributed by atoms with Crippen molar-refractivity contribution in [2.75, 3.05) is 6.54 Å². The van der Waals surface area contributed by atoms with Gasteiger partial charge in [-0.2, -0.15) is 0 Å². The van der Waals surface area contributed by atoms with Crippen molar-refractivity contribution < 1.29 is 4.79 Å². The Balaban J connectivity index is 1.24. The summed E-state index contributed by atoms with van der Waals surface area (Å²) in [5.74, 6) is 0.0257. The molecule has 1 amide bonds. The lowest BCUT2D eigenvalue weighted by atomic mass is 10.2. The first-order chi connectivity index (χ1) is 12.7. The van der Waals surface area contributed by atoms with Crippen LogP contribution in [0, 0.1) is 0 Å². The Kier molecular flexibility index (Phi) is 4.92. The molecule has 0 spiro atoms. The molecule has 1 aliphatic carbocycles. The standard InChI is InChI=1S/C18H22N6OS/c1-13(26-18-20-21-22-24(18)15-7-8-15)17(25)19-10-4-11-23-12-9-14-5-2-3-6-16(14)23/h2-3,5-6,9,12-13,15H,4,7-8,10-11H2,1H3,(H,19,25). The molecule has 1 saturated carbocycles. The molecule has 1 unspecified atom stereocenters. The minimum Gasteiger partial charge on any atom is -0.355 e. The van der Waals surface area contributed by atoms with E-state index in [1.165, 1.54) is 22.7 Å². The Morgan fingerprint density at radius 1 is 1.35 bits per heavy atom. The Morgan fingerprint density at radius 3 is 3.04 bits per heavy atom. The quantitative estimate of drug-likeness (QED) is 0.487. The molecule has 3 aromatic rings. The van der Waals surface area contributed by atoms with E-state index in [1.54, 1.807) is 0 Å². The predicted octanol–water partition coefficient (Wildman–Crippen LogP) is 2.65. The lowest BCUT2D eigenvalue weighted by Gasteiger charge is -2.12. The van der Waals surface area contributed by atoms with Crippen LogP contribution in [-0.2, 0) is 11.3 Å². The molecule has 1 aromatic carbocycles. The minimum absolute atomic E-state index is 0.0257. The maximum atomic E-state index is 12.3. The number of nitrogens with zero attached hydrogens (tertiary/aromatic N) is 5. The summed E-state index contributed by atoms with van der Waals surface area (Å²) in [5.41, 5.74) is 1.23. The number of aromatic nitrogens is 5. The fourth-order valence-corrected chi connectivity index (χ4v) is 3.85. The Morgan fingerprint density at radius 2 is 2.19 bits per heavy atom. The Labute approximate surface area is 156 Å². The third kappa shape index (κ3) is 3.75. The molecule has 1 aliphatic rings. The third-order valence-corrected chi connectivity index (χ3v) is 5.61. The first kappa shape index (κ1) is 17.1. The summed E-state index contributed by atoms with van der Waals surface area (Å²) in [6.45, 7) is 3.43. The van der Waals surface area contributed by atoms with Gasteiger partial charge in [0, 0.05) is 24.8 Å². The lowest BCUT2D eigenvalue weighted by molar-refractivity contribution is -0.120. The molecule has 2 heterocycles. The average Bonchev–Trinajstić information content (AvgIpc) is 3.26. The monoisotopic (exact) mass is 370 g/mol. The van der Waals surface area contributed by atoms with E-state index >= 15 is 0 Å². The number of thioether (sulfide) groups is 1. The summed E-state index contributed by atoms with van der Waals surface area (Å²) in [7, 11) is 0. The number of carbonyl (C=O) groups is 1. The molecular formula is C18H22N6OS. The second-order valence-corrected chi connectivity index (χ2v) is 7.92. The van der Waals surface area contributed by atoms with Crippen LogP contribution in [0.2, 0.25) is 0 Å². The molecule has 26 heavy (non-hydrogen) atoms. The van der Waals surface area contributed by atoms with Crippen molar-refractivity contribution in [2.45, 2.75) is 49.2 Å². The lowest BCUT2D eigenvalue weighted by Crippen LogP contribution is -2.32. The Hall–Kier alpha value is -2.35. The van der Waals surface area contributed by atoms with E-state index in [1.807, 2.05) is 17.7 Å². The summed E-state index contributed by atoms with van der Waals surface area (Å²) in [5, 5.41) is 16.6. The van der Waals surface area contributed by atoms with E-state index in [0.717, 1.165) is 31.0 Å². The van der Waals surface area contributed by atoms with E-state index < -0.39 is 0 Å². The highest BCUT2D eigenvalue weighted by atomic mass is 32.2. The fourth-order valence-electron chi connectivity index (χ4n) is 2.96. The van der Waals surface area contributed by atoms with Crippen LogP contribution in [0.5, 0.6) is 0 Å². The molecule has 136 valence electrons. The first-order valence-electron chi connectivity index (χ1n) is 8.98. The predicted molar refractivity (Wildman–Crippen MR) is 101 cm³/mol. The highest BCUT2D eigenvalue weighted by Gasteiger charge is 2.29. The van der Waals surface area contributed by atoms with Crippen molar-refractivity contribution in [3.05, 3.63) is 36.5 Å². The molecule has 1 atom stereocenters. The number of para-hydroxylation sites is 1. The van der Waals surface area contributed by atoms with Gasteiger partial charge in [-0.3, -0.25) is 4.79 Å². The number of tetrazole rings is 1. The molecular weight excluding hydrogens is 348 g/mol. The first-order valence-corrected chi connectivity index (χ1v) is 9.86. The number of aryl methyl sites for hydroxylation is 1. The number of rotatable bonds is 8. The summed E-state index contributed by atoms with van der Waals surface area (Å²) < 4.78 is 4.06. The molecule has 0 aliphatic heterocycles. The van der Waals surface area contributed by atoms with Crippen LogP contribution < -0.4 is 5.32 Å². The van der Waals surface area contributed by atoms with Gasteiger partial charge >= 0.3 is 0 Å². The molecule has 0 saturated heterocycles. The van der Waals surface area contributed by atoms with Crippen molar-refractivity contribution in [1.29, 1.82) is 0 Å². The third-order valence-electron chi connectivity index (χ3n) is 4.56. The summed E-state index contributed by atoms with van der Waals surface area (Å²) >= 11 is 1.42. The largest absolute Gasteiger partial charge is 0.355 e. The van der Waals surface area contributed by atoms with Gasteiger partial charge in [-0.1, -0.05) is 30.0 Å². The molecule has 0 bridgehead atoms. The van der Waals surface area contributed by atoms with Gasteiger partial charge in [-0.25, -0.2) is 4.68 Å². The maximum absolute atomic E-state index is 12.3. The van der Waals surface area contributed by atoms with E-state index in [0.29, 0.717) is 12.6 Å². The maximum Gasteiger partial charge on any atom is 0.233 e. The zero-order valence-corrected chi connectivity index (χ0v) is 15.5. The number of hydrogen-bond acceptors (Lipinski definition) is 5. The number of hydrogen-bond donors (Lipinski definition) is 1. The molecule has 1 N–H and O–H groups in total. The summed E-state index contributed by atoms with van der Waals surface area (Å²) in [6, 6.07) is 10.9. The normalized spacial score (nSPS) is 15.3. The van der Waals surface area contributed by atoms with Crippen LogP contribution in [0.1, 0.15) is 32.2 Å². The van der Waals surface area contributed by atoms with Crippen LogP contribution in [0.15, 0.2) is 41.7 Å². The molecule has 2 aromatic heterocycles. The molecule has 7 nitrogen and oxygen atoms in total. The van der Waals surface area contributed by atoms with Gasteiger partial charge in [0.2, 0.25) is 11.1 Å². The van der Waals surface area contributed by atoms with Gasteiger partial charge in [0.25, 0.3) is 0 Å². The van der Waals surface area contributed by atoms with Crippen molar-refractivity contribution in [1.82, 2.24) is 30.1 Å². The summed E-state index contributed by atoms with van der Waals surface area (Å²) in [4.78, 5) is 12.3.